The molecule has 0 radical (unpaired) electrons. The van der Waals surface area contributed by atoms with Crippen molar-refractivity contribution in [1.82, 2.24) is 10.7 Å². The fraction of sp³-hybridized carbons (Fsp3) is 0.423. The molecule has 1 atom stereocenters. The van der Waals surface area contributed by atoms with Gasteiger partial charge in [0.25, 0.3) is 5.91 Å². The highest BCUT2D eigenvalue weighted by molar-refractivity contribution is 8.14. The minimum atomic E-state index is -0.762. The molecule has 174 valence electrons. The van der Waals surface area contributed by atoms with Crippen molar-refractivity contribution in [2.75, 3.05) is 10.7 Å². The van der Waals surface area contributed by atoms with Crippen LogP contribution < -0.4 is 15.6 Å². The molecule has 2 amide bonds. The van der Waals surface area contributed by atoms with Crippen LogP contribution in [-0.4, -0.2) is 33.8 Å². The topological polar surface area (TPSA) is 73.8 Å². The van der Waals surface area contributed by atoms with Crippen molar-refractivity contribution < 1.29 is 9.59 Å². The van der Waals surface area contributed by atoms with Crippen molar-refractivity contribution >= 4 is 34.4 Å². The predicted molar refractivity (Wildman–Crippen MR) is 136 cm³/mol. The van der Waals surface area contributed by atoms with Crippen molar-refractivity contribution in [2.45, 2.75) is 64.5 Å². The fourth-order valence-corrected chi connectivity index (χ4v) is 5.60. The second-order valence-electron chi connectivity index (χ2n) is 10.3. The summed E-state index contributed by atoms with van der Waals surface area (Å²) in [7, 11) is 0. The first-order valence-corrected chi connectivity index (χ1v) is 12.2. The Kier molecular flexibility index (Phi) is 5.81. The maximum atomic E-state index is 13.5. The molecular formula is C26H32N4O2S. The molecule has 2 aromatic rings. The number of thioether (sulfide) groups is 1. The van der Waals surface area contributed by atoms with Gasteiger partial charge in [0.1, 0.15) is 5.54 Å². The average Bonchev–Trinajstić information content (AvgIpc) is 2.74. The number of amidine groups is 1. The van der Waals surface area contributed by atoms with E-state index in [0.29, 0.717) is 5.17 Å². The minimum absolute atomic E-state index is 0.00908. The van der Waals surface area contributed by atoms with Gasteiger partial charge in [-0.3, -0.25) is 15.0 Å². The van der Waals surface area contributed by atoms with Gasteiger partial charge in [-0.1, -0.05) is 66.7 Å². The third-order valence-electron chi connectivity index (χ3n) is 6.63. The first kappa shape index (κ1) is 23.4. The van der Waals surface area contributed by atoms with E-state index in [-0.39, 0.29) is 23.0 Å². The smallest absolute Gasteiger partial charge is 0.252 e. The van der Waals surface area contributed by atoms with Crippen LogP contribution in [0.2, 0.25) is 0 Å². The zero-order valence-electron chi connectivity index (χ0n) is 20.2. The van der Waals surface area contributed by atoms with Crippen LogP contribution in [0.1, 0.15) is 57.7 Å². The number of amides is 2. The number of carbonyl (C=O) groups excluding carboxylic acids is 2. The second kappa shape index (κ2) is 8.20. The van der Waals surface area contributed by atoms with E-state index in [2.05, 4.69) is 73.9 Å². The van der Waals surface area contributed by atoms with Gasteiger partial charge in [-0.25, -0.2) is 0 Å². The molecule has 0 bridgehead atoms. The van der Waals surface area contributed by atoms with E-state index >= 15 is 0 Å². The summed E-state index contributed by atoms with van der Waals surface area (Å²) in [5.41, 5.74) is 6.06. The van der Waals surface area contributed by atoms with E-state index in [1.54, 1.807) is 13.8 Å². The number of benzene rings is 2. The van der Waals surface area contributed by atoms with Crippen molar-refractivity contribution in [1.29, 1.82) is 0 Å². The van der Waals surface area contributed by atoms with E-state index in [9.17, 15) is 9.59 Å². The quantitative estimate of drug-likeness (QED) is 0.710. The van der Waals surface area contributed by atoms with Crippen LogP contribution in [0, 0.1) is 6.92 Å². The summed E-state index contributed by atoms with van der Waals surface area (Å²) in [6.07, 6.45) is 0.796. The summed E-state index contributed by atoms with van der Waals surface area (Å²) < 4.78 is 0. The Labute approximate surface area is 200 Å². The summed E-state index contributed by atoms with van der Waals surface area (Å²) in [5, 5.41) is 7.43. The molecule has 0 spiro atoms. The molecule has 33 heavy (non-hydrogen) atoms. The van der Waals surface area contributed by atoms with Crippen LogP contribution in [-0.2, 0) is 15.0 Å². The first-order chi connectivity index (χ1) is 15.4. The predicted octanol–water partition coefficient (Wildman–Crippen LogP) is 4.32. The SMILES string of the molecule is Cc1ccc([C@]2(C)CC(C)(C)N(C(=O)CSC3=NNC(C)(C)C(=O)N3)c3ccccc32)cc1. The molecule has 4 rings (SSSR count). The van der Waals surface area contributed by atoms with Crippen molar-refractivity contribution in [2.24, 2.45) is 5.10 Å². The highest BCUT2D eigenvalue weighted by atomic mass is 32.2. The number of hydrogen-bond donors (Lipinski definition) is 2. The second-order valence-corrected chi connectivity index (χ2v) is 11.3. The van der Waals surface area contributed by atoms with Crippen molar-refractivity contribution in [3.8, 4) is 0 Å². The lowest BCUT2D eigenvalue weighted by Gasteiger charge is -2.51. The largest absolute Gasteiger partial charge is 0.306 e. The van der Waals surface area contributed by atoms with E-state index in [0.717, 1.165) is 17.7 Å². The first-order valence-electron chi connectivity index (χ1n) is 11.2. The molecule has 2 N–H and O–H groups in total. The van der Waals surface area contributed by atoms with Gasteiger partial charge in [0.15, 0.2) is 5.17 Å². The number of nitrogens with zero attached hydrogens (tertiary/aromatic N) is 2. The molecule has 0 fully saturated rings. The van der Waals surface area contributed by atoms with Crippen molar-refractivity contribution in [3.05, 3.63) is 65.2 Å². The number of para-hydroxylation sites is 1. The zero-order valence-corrected chi connectivity index (χ0v) is 21.0. The molecule has 0 unspecified atom stereocenters. The van der Waals surface area contributed by atoms with Crippen LogP contribution in [0.5, 0.6) is 0 Å². The van der Waals surface area contributed by atoms with E-state index in [1.165, 1.54) is 22.9 Å². The summed E-state index contributed by atoms with van der Waals surface area (Å²) >= 11 is 1.24. The van der Waals surface area contributed by atoms with Crippen LogP contribution in [0.4, 0.5) is 5.69 Å². The van der Waals surface area contributed by atoms with Gasteiger partial charge in [-0.2, -0.15) is 5.10 Å². The normalized spacial score (nSPS) is 23.2. The Hall–Kier alpha value is -2.80. The highest BCUT2D eigenvalue weighted by Crippen LogP contribution is 2.50. The van der Waals surface area contributed by atoms with Crippen LogP contribution >= 0.6 is 11.8 Å². The number of carbonyl (C=O) groups is 2. The number of hydrazone groups is 1. The third kappa shape index (κ3) is 4.26. The number of nitrogens with one attached hydrogen (secondary N) is 2. The molecule has 0 aliphatic carbocycles. The van der Waals surface area contributed by atoms with E-state index in [4.69, 9.17) is 0 Å². The Morgan fingerprint density at radius 2 is 1.73 bits per heavy atom. The van der Waals surface area contributed by atoms with Gasteiger partial charge in [-0.15, -0.1) is 0 Å². The Morgan fingerprint density at radius 3 is 2.39 bits per heavy atom. The van der Waals surface area contributed by atoms with Crippen LogP contribution in [0.25, 0.3) is 0 Å². The van der Waals surface area contributed by atoms with Gasteiger partial charge in [-0.05, 0) is 58.2 Å². The van der Waals surface area contributed by atoms with Crippen LogP contribution in [0.3, 0.4) is 0 Å². The Bertz CT molecular complexity index is 1120. The Morgan fingerprint density at radius 1 is 1.06 bits per heavy atom. The standard InChI is InChI=1S/C26H32N4O2S/c1-17-11-13-18(14-12-17)26(6)16-24(2,3)30(20-10-8-7-9-19(20)26)21(31)15-33-23-27-22(32)25(4,5)29-28-23/h7-14,29H,15-16H2,1-6H3,(H,27,28,32)/t26-/m0/s1. The third-order valence-corrected chi connectivity index (χ3v) is 7.48. The van der Waals surface area contributed by atoms with Gasteiger partial charge in [0.05, 0.1) is 5.75 Å². The summed E-state index contributed by atoms with van der Waals surface area (Å²) in [4.78, 5) is 27.7. The Balaban J connectivity index is 1.63. The average molecular weight is 465 g/mol. The van der Waals surface area contributed by atoms with Gasteiger partial charge in [0, 0.05) is 16.6 Å². The maximum Gasteiger partial charge on any atom is 0.252 e. The van der Waals surface area contributed by atoms with Gasteiger partial charge in [0.2, 0.25) is 5.91 Å². The molecule has 6 nitrogen and oxygen atoms in total. The summed E-state index contributed by atoms with van der Waals surface area (Å²) in [5.74, 6) is 0.00963. The minimum Gasteiger partial charge on any atom is -0.306 e. The maximum absolute atomic E-state index is 13.5. The number of aryl methyl sites for hydroxylation is 1. The van der Waals surface area contributed by atoms with Gasteiger partial charge >= 0.3 is 0 Å². The lowest BCUT2D eigenvalue weighted by Crippen LogP contribution is -2.57. The number of anilines is 1. The monoisotopic (exact) mass is 464 g/mol. The molecule has 2 heterocycles. The number of rotatable bonds is 3. The van der Waals surface area contributed by atoms with Crippen molar-refractivity contribution in [3.63, 3.8) is 0 Å². The fourth-order valence-electron chi connectivity index (χ4n) is 4.94. The number of hydrogen-bond acceptors (Lipinski definition) is 5. The number of fused-ring (bicyclic) bond motifs is 1. The summed E-state index contributed by atoms with van der Waals surface area (Å²) in [6, 6.07) is 16.9. The molecule has 2 aromatic carbocycles. The molecule has 2 aliphatic rings. The van der Waals surface area contributed by atoms with E-state index in [1.807, 2.05) is 23.1 Å². The van der Waals surface area contributed by atoms with E-state index < -0.39 is 11.1 Å². The summed E-state index contributed by atoms with van der Waals surface area (Å²) in [6.45, 7) is 12.1. The molecule has 7 heteroatoms. The highest BCUT2D eigenvalue weighted by Gasteiger charge is 2.47. The molecule has 2 aliphatic heterocycles. The molecule has 0 aromatic heterocycles. The van der Waals surface area contributed by atoms with Gasteiger partial charge < -0.3 is 10.2 Å². The lowest BCUT2D eigenvalue weighted by molar-refractivity contribution is -0.125. The molecule has 0 saturated heterocycles. The molecular weight excluding hydrogens is 432 g/mol. The lowest BCUT2D eigenvalue weighted by atomic mass is 9.65. The molecule has 0 saturated carbocycles. The van der Waals surface area contributed by atoms with Crippen LogP contribution in [0.15, 0.2) is 53.6 Å². The zero-order chi connectivity index (χ0) is 24.0.